The normalized spacial score (nSPS) is 11.7. The van der Waals surface area contributed by atoms with E-state index in [0.717, 1.165) is 10.1 Å². The van der Waals surface area contributed by atoms with Crippen molar-refractivity contribution in [2.75, 3.05) is 0 Å². The largest absolute Gasteiger partial charge is 0.493 e. The van der Waals surface area contributed by atoms with Gasteiger partial charge in [0.1, 0.15) is 5.82 Å². The summed E-state index contributed by atoms with van der Waals surface area (Å²) in [5, 5.41) is 10.3. The Bertz CT molecular complexity index is 1210. The first-order chi connectivity index (χ1) is 14.3. The first kappa shape index (κ1) is 19.8. The van der Waals surface area contributed by atoms with Crippen molar-refractivity contribution < 1.29 is 18.3 Å². The molecule has 0 amide bonds. The van der Waals surface area contributed by atoms with Crippen LogP contribution < -0.4 is 5.69 Å². The van der Waals surface area contributed by atoms with E-state index in [9.17, 15) is 23.1 Å². The van der Waals surface area contributed by atoms with E-state index in [1.54, 1.807) is 30.9 Å². The number of thioether (sulfide) groups is 1. The average molecular weight is 433 g/mol. The number of hydrogen-bond donors (Lipinski definition) is 2. The second-order valence-corrected chi connectivity index (χ2v) is 7.38. The van der Waals surface area contributed by atoms with Gasteiger partial charge in [0.2, 0.25) is 5.88 Å². The molecular weight excluding hydrogens is 419 g/mol. The third-order valence-corrected chi connectivity index (χ3v) is 5.01. The predicted octanol–water partition coefficient (Wildman–Crippen LogP) is 3.79. The van der Waals surface area contributed by atoms with E-state index in [1.165, 1.54) is 35.0 Å². The molecule has 4 rings (SSSR count). The topological polar surface area (TPSA) is 88.7 Å². The third kappa shape index (κ3) is 4.10. The number of benzene rings is 1. The highest BCUT2D eigenvalue weighted by Crippen LogP contribution is 2.37. The minimum Gasteiger partial charge on any atom is -0.493 e. The van der Waals surface area contributed by atoms with Crippen LogP contribution in [-0.4, -0.2) is 34.7 Å². The van der Waals surface area contributed by atoms with E-state index in [-0.39, 0.29) is 34.8 Å². The molecule has 0 unspecified atom stereocenters. The van der Waals surface area contributed by atoms with Gasteiger partial charge >= 0.3 is 11.2 Å². The number of pyridine rings is 1. The zero-order valence-corrected chi connectivity index (χ0v) is 16.0. The standard InChI is InChI=1S/C19H14F3N5O2S/c20-19(21,22)30-14-3-1-13(2-4-14)27-16(28)11-26(18(27)29)10-12-5-6-23-9-15(12)17-24-7-8-25-17/h1-9,11,28H,10H2,(H,24,25). The molecule has 4 aromatic rings. The van der Waals surface area contributed by atoms with Gasteiger partial charge in [-0.05, 0) is 47.7 Å². The fourth-order valence-electron chi connectivity index (χ4n) is 3.00. The highest BCUT2D eigenvalue weighted by molar-refractivity contribution is 8.00. The van der Waals surface area contributed by atoms with Crippen molar-refractivity contribution in [1.29, 1.82) is 0 Å². The van der Waals surface area contributed by atoms with Crippen LogP contribution in [0.25, 0.3) is 17.1 Å². The Morgan fingerprint density at radius 3 is 2.57 bits per heavy atom. The molecule has 3 heterocycles. The average Bonchev–Trinajstić information content (AvgIpc) is 3.31. The zero-order chi connectivity index (χ0) is 21.3. The van der Waals surface area contributed by atoms with Crippen LogP contribution in [0.2, 0.25) is 0 Å². The highest BCUT2D eigenvalue weighted by atomic mass is 32.2. The van der Waals surface area contributed by atoms with Gasteiger partial charge in [0.05, 0.1) is 18.4 Å². The lowest BCUT2D eigenvalue weighted by Gasteiger charge is -2.08. The number of aromatic amines is 1. The molecule has 0 aliphatic carbocycles. The Hall–Kier alpha value is -3.47. The molecule has 30 heavy (non-hydrogen) atoms. The Labute approximate surface area is 171 Å². The Morgan fingerprint density at radius 1 is 1.13 bits per heavy atom. The van der Waals surface area contributed by atoms with Crippen LogP contribution in [0.5, 0.6) is 5.88 Å². The van der Waals surface area contributed by atoms with Crippen molar-refractivity contribution in [2.45, 2.75) is 16.9 Å². The summed E-state index contributed by atoms with van der Waals surface area (Å²) in [4.78, 5) is 24.1. The van der Waals surface area contributed by atoms with Crippen LogP contribution in [0.1, 0.15) is 5.56 Å². The SMILES string of the molecule is O=c1n(Cc2ccncc2-c2ncc[nH]2)cc(O)n1-c1ccc(SC(F)(F)F)cc1. The number of alkyl halides is 3. The van der Waals surface area contributed by atoms with Gasteiger partial charge in [-0.3, -0.25) is 9.55 Å². The van der Waals surface area contributed by atoms with Crippen LogP contribution in [0, 0.1) is 0 Å². The number of nitrogens with one attached hydrogen (secondary N) is 1. The maximum atomic E-state index is 12.8. The summed E-state index contributed by atoms with van der Waals surface area (Å²) in [5.74, 6) is 0.261. The van der Waals surface area contributed by atoms with Crippen LogP contribution in [-0.2, 0) is 6.54 Å². The van der Waals surface area contributed by atoms with E-state index in [2.05, 4.69) is 15.0 Å². The van der Waals surface area contributed by atoms with Gasteiger partial charge in [0, 0.05) is 35.2 Å². The van der Waals surface area contributed by atoms with Gasteiger partial charge in [-0.1, -0.05) is 0 Å². The van der Waals surface area contributed by atoms with Gasteiger partial charge in [-0.15, -0.1) is 0 Å². The van der Waals surface area contributed by atoms with E-state index >= 15 is 0 Å². The third-order valence-electron chi connectivity index (χ3n) is 4.27. The minimum absolute atomic E-state index is 0.0157. The molecule has 154 valence electrons. The molecule has 0 radical (unpaired) electrons. The molecule has 0 bridgehead atoms. The van der Waals surface area contributed by atoms with Gasteiger partial charge in [-0.2, -0.15) is 13.2 Å². The van der Waals surface area contributed by atoms with E-state index in [1.807, 2.05) is 0 Å². The molecule has 3 aromatic heterocycles. The van der Waals surface area contributed by atoms with Crippen molar-refractivity contribution in [3.05, 3.63) is 77.4 Å². The smallest absolute Gasteiger partial charge is 0.446 e. The second-order valence-electron chi connectivity index (χ2n) is 6.25. The van der Waals surface area contributed by atoms with Gasteiger partial charge in [0.25, 0.3) is 0 Å². The first-order valence-corrected chi connectivity index (χ1v) is 9.43. The summed E-state index contributed by atoms with van der Waals surface area (Å²) in [6, 6.07) is 6.92. The lowest BCUT2D eigenvalue weighted by molar-refractivity contribution is -0.0328. The number of H-pyrrole nitrogens is 1. The van der Waals surface area contributed by atoms with Gasteiger partial charge in [-0.25, -0.2) is 14.3 Å². The summed E-state index contributed by atoms with van der Waals surface area (Å²) >= 11 is -0.250. The van der Waals surface area contributed by atoms with Gasteiger partial charge < -0.3 is 10.1 Å². The number of imidazole rings is 2. The molecule has 0 fully saturated rings. The molecule has 0 saturated heterocycles. The Kier molecular flexibility index (Phi) is 5.12. The highest BCUT2D eigenvalue weighted by Gasteiger charge is 2.29. The molecule has 7 nitrogen and oxygen atoms in total. The first-order valence-electron chi connectivity index (χ1n) is 8.62. The van der Waals surface area contributed by atoms with E-state index in [0.29, 0.717) is 11.4 Å². The predicted molar refractivity (Wildman–Crippen MR) is 105 cm³/mol. The lowest BCUT2D eigenvalue weighted by atomic mass is 10.1. The minimum atomic E-state index is -4.40. The number of rotatable bonds is 5. The molecule has 0 saturated carbocycles. The second kappa shape index (κ2) is 7.75. The number of hydrogen-bond acceptors (Lipinski definition) is 5. The van der Waals surface area contributed by atoms with E-state index in [4.69, 9.17) is 0 Å². The quantitative estimate of drug-likeness (QED) is 0.468. The maximum absolute atomic E-state index is 12.8. The molecule has 0 spiro atoms. The molecule has 0 atom stereocenters. The number of halogens is 3. The van der Waals surface area contributed by atoms with Crippen LogP contribution in [0.15, 0.2) is 71.0 Å². The lowest BCUT2D eigenvalue weighted by Crippen LogP contribution is -2.23. The summed E-state index contributed by atoms with van der Waals surface area (Å²) in [5.41, 5.74) is -3.24. The number of aromatic nitrogens is 5. The molecule has 2 N–H and O–H groups in total. The zero-order valence-electron chi connectivity index (χ0n) is 15.2. The maximum Gasteiger partial charge on any atom is 0.446 e. The van der Waals surface area contributed by atoms with Crippen molar-refractivity contribution in [1.82, 2.24) is 24.1 Å². The summed E-state index contributed by atoms with van der Waals surface area (Å²) in [7, 11) is 0. The fraction of sp³-hybridized carbons (Fsp3) is 0.105. The van der Waals surface area contributed by atoms with Gasteiger partial charge in [0.15, 0.2) is 0 Å². The number of aromatic hydroxyl groups is 1. The fourth-order valence-corrected chi connectivity index (χ4v) is 3.54. The van der Waals surface area contributed by atoms with Crippen molar-refractivity contribution in [3.63, 3.8) is 0 Å². The monoisotopic (exact) mass is 433 g/mol. The Balaban J connectivity index is 1.65. The van der Waals surface area contributed by atoms with Crippen LogP contribution in [0.3, 0.4) is 0 Å². The van der Waals surface area contributed by atoms with Crippen LogP contribution in [0.4, 0.5) is 13.2 Å². The molecular formula is C19H14F3N5O2S. The Morgan fingerprint density at radius 2 is 1.90 bits per heavy atom. The summed E-state index contributed by atoms with van der Waals surface area (Å²) in [6.45, 7) is 0.139. The number of nitrogens with zero attached hydrogens (tertiary/aromatic N) is 4. The van der Waals surface area contributed by atoms with Crippen molar-refractivity contribution >= 4 is 11.8 Å². The molecule has 0 aliphatic rings. The van der Waals surface area contributed by atoms with Crippen LogP contribution >= 0.6 is 11.8 Å². The molecule has 1 aromatic carbocycles. The van der Waals surface area contributed by atoms with Crippen molar-refractivity contribution in [3.8, 4) is 23.0 Å². The molecule has 0 aliphatic heterocycles. The summed E-state index contributed by atoms with van der Waals surface area (Å²) in [6.07, 6.45) is 7.74. The van der Waals surface area contributed by atoms with E-state index < -0.39 is 11.2 Å². The molecule has 11 heteroatoms. The summed E-state index contributed by atoms with van der Waals surface area (Å²) < 4.78 is 39.8. The van der Waals surface area contributed by atoms with Crippen molar-refractivity contribution in [2.24, 2.45) is 0 Å².